The van der Waals surface area contributed by atoms with Crippen LogP contribution in [0.3, 0.4) is 0 Å². The zero-order chi connectivity index (χ0) is 16.8. The molecule has 7 heteroatoms. The number of aromatic nitrogens is 2. The van der Waals surface area contributed by atoms with Crippen LogP contribution in [0.1, 0.15) is 11.3 Å². The van der Waals surface area contributed by atoms with Crippen molar-refractivity contribution in [1.29, 1.82) is 0 Å². The molecule has 0 aliphatic heterocycles. The fourth-order valence-electron chi connectivity index (χ4n) is 2.02. The molecule has 0 bridgehead atoms. The van der Waals surface area contributed by atoms with Gasteiger partial charge in [0.05, 0.1) is 0 Å². The summed E-state index contributed by atoms with van der Waals surface area (Å²) in [5.74, 6) is 1.62. The van der Waals surface area contributed by atoms with Crippen LogP contribution in [0.4, 0.5) is 16.3 Å². The maximum Gasteiger partial charge on any atom is 0.324 e. The van der Waals surface area contributed by atoms with E-state index in [1.54, 1.807) is 43.6 Å². The van der Waals surface area contributed by atoms with Gasteiger partial charge in [0.2, 0.25) is 0 Å². The van der Waals surface area contributed by atoms with Gasteiger partial charge in [0, 0.05) is 35.8 Å². The summed E-state index contributed by atoms with van der Waals surface area (Å²) in [7, 11) is 0. The minimum atomic E-state index is -0.410. The molecule has 3 aromatic rings. The van der Waals surface area contributed by atoms with Gasteiger partial charge in [-0.2, -0.15) is 0 Å². The standard InChI is InChI=1S/C17H16N4O3/c1-12-8-16(21-24-12)20-17(22)19-14-5-2-6-15(9-14)23-11-13-4-3-7-18-10-13/h2-10H,11H2,1H3,(H2,19,20,21,22). The molecule has 0 fully saturated rings. The van der Waals surface area contributed by atoms with E-state index in [0.29, 0.717) is 29.6 Å². The number of carbonyl (C=O) groups is 1. The molecule has 3 rings (SSSR count). The fraction of sp³-hybridized carbons (Fsp3) is 0.118. The smallest absolute Gasteiger partial charge is 0.324 e. The summed E-state index contributed by atoms with van der Waals surface area (Å²) in [5.41, 5.74) is 1.58. The van der Waals surface area contributed by atoms with Crippen molar-refractivity contribution in [1.82, 2.24) is 10.1 Å². The molecule has 1 aromatic carbocycles. The number of urea groups is 1. The number of nitrogens with one attached hydrogen (secondary N) is 2. The van der Waals surface area contributed by atoms with Gasteiger partial charge in [0.25, 0.3) is 0 Å². The van der Waals surface area contributed by atoms with E-state index in [-0.39, 0.29) is 0 Å². The lowest BCUT2D eigenvalue weighted by Gasteiger charge is -2.09. The Labute approximate surface area is 138 Å². The number of rotatable bonds is 5. The second-order valence-electron chi connectivity index (χ2n) is 5.08. The molecule has 24 heavy (non-hydrogen) atoms. The molecule has 2 aromatic heterocycles. The highest BCUT2D eigenvalue weighted by molar-refractivity contribution is 5.99. The maximum atomic E-state index is 11.9. The lowest BCUT2D eigenvalue weighted by Crippen LogP contribution is -2.19. The van der Waals surface area contributed by atoms with Gasteiger partial charge < -0.3 is 14.6 Å². The van der Waals surface area contributed by atoms with E-state index >= 15 is 0 Å². The molecule has 0 aliphatic rings. The maximum absolute atomic E-state index is 11.9. The summed E-state index contributed by atoms with van der Waals surface area (Å²) in [5, 5.41) is 9.00. The monoisotopic (exact) mass is 324 g/mol. The summed E-state index contributed by atoms with van der Waals surface area (Å²) < 4.78 is 10.6. The molecule has 122 valence electrons. The highest BCUT2D eigenvalue weighted by Crippen LogP contribution is 2.19. The molecule has 0 saturated carbocycles. The van der Waals surface area contributed by atoms with E-state index in [2.05, 4.69) is 20.8 Å². The first-order valence-corrected chi connectivity index (χ1v) is 7.32. The SMILES string of the molecule is Cc1cc(NC(=O)Nc2cccc(OCc3cccnc3)c2)no1. The fourth-order valence-corrected chi connectivity index (χ4v) is 2.02. The van der Waals surface area contributed by atoms with Crippen LogP contribution in [0.15, 0.2) is 59.4 Å². The molecular weight excluding hydrogens is 308 g/mol. The molecule has 0 spiro atoms. The number of hydrogen-bond acceptors (Lipinski definition) is 5. The summed E-state index contributed by atoms with van der Waals surface area (Å²) in [6.07, 6.45) is 3.46. The van der Waals surface area contributed by atoms with E-state index < -0.39 is 6.03 Å². The summed E-state index contributed by atoms with van der Waals surface area (Å²) in [6, 6.07) is 12.1. The van der Waals surface area contributed by atoms with Crippen LogP contribution in [-0.2, 0) is 6.61 Å². The molecule has 0 unspecified atom stereocenters. The van der Waals surface area contributed by atoms with Crippen molar-refractivity contribution < 1.29 is 14.1 Å². The third-order valence-corrected chi connectivity index (χ3v) is 3.09. The second kappa shape index (κ2) is 7.28. The average molecular weight is 324 g/mol. The highest BCUT2D eigenvalue weighted by atomic mass is 16.5. The quantitative estimate of drug-likeness (QED) is 0.748. The van der Waals surface area contributed by atoms with Crippen molar-refractivity contribution in [2.75, 3.05) is 10.6 Å². The summed E-state index contributed by atoms with van der Waals surface area (Å²) >= 11 is 0. The van der Waals surface area contributed by atoms with Gasteiger partial charge in [-0.15, -0.1) is 0 Å². The van der Waals surface area contributed by atoms with Crippen molar-refractivity contribution >= 4 is 17.5 Å². The minimum absolute atomic E-state index is 0.356. The zero-order valence-corrected chi connectivity index (χ0v) is 13.0. The van der Waals surface area contributed by atoms with Gasteiger partial charge in [-0.25, -0.2) is 4.79 Å². The number of carbonyl (C=O) groups excluding carboxylic acids is 1. The Hall–Kier alpha value is -3.35. The Bertz CT molecular complexity index is 817. The molecule has 2 N–H and O–H groups in total. The normalized spacial score (nSPS) is 10.2. The van der Waals surface area contributed by atoms with Crippen molar-refractivity contribution in [2.24, 2.45) is 0 Å². The molecule has 0 atom stereocenters. The zero-order valence-electron chi connectivity index (χ0n) is 13.0. The number of hydrogen-bond donors (Lipinski definition) is 2. The van der Waals surface area contributed by atoms with Gasteiger partial charge in [0.1, 0.15) is 18.1 Å². The number of amides is 2. The molecule has 0 aliphatic carbocycles. The number of aryl methyl sites for hydroxylation is 1. The number of pyridine rings is 1. The van der Waals surface area contributed by atoms with Crippen LogP contribution in [0.5, 0.6) is 5.75 Å². The average Bonchev–Trinajstić information content (AvgIpc) is 2.99. The predicted molar refractivity (Wildman–Crippen MR) is 88.9 cm³/mol. The molecule has 2 heterocycles. The third kappa shape index (κ3) is 4.33. The Morgan fingerprint density at radius 1 is 1.21 bits per heavy atom. The van der Waals surface area contributed by atoms with Crippen molar-refractivity contribution in [3.8, 4) is 5.75 Å². The third-order valence-electron chi connectivity index (χ3n) is 3.09. The van der Waals surface area contributed by atoms with E-state index in [1.165, 1.54) is 0 Å². The highest BCUT2D eigenvalue weighted by Gasteiger charge is 2.07. The first kappa shape index (κ1) is 15.5. The molecule has 2 amide bonds. The summed E-state index contributed by atoms with van der Waals surface area (Å²) in [4.78, 5) is 16.0. The Kier molecular flexibility index (Phi) is 4.71. The van der Waals surface area contributed by atoms with Crippen LogP contribution in [0.2, 0.25) is 0 Å². The minimum Gasteiger partial charge on any atom is -0.489 e. The van der Waals surface area contributed by atoms with Crippen LogP contribution in [0.25, 0.3) is 0 Å². The Morgan fingerprint density at radius 2 is 2.12 bits per heavy atom. The van der Waals surface area contributed by atoms with Crippen molar-refractivity contribution in [3.63, 3.8) is 0 Å². The van der Waals surface area contributed by atoms with Crippen LogP contribution < -0.4 is 15.4 Å². The van der Waals surface area contributed by atoms with Gasteiger partial charge in [-0.1, -0.05) is 17.3 Å². The number of ether oxygens (including phenoxy) is 1. The van der Waals surface area contributed by atoms with E-state index in [1.807, 2.05) is 18.2 Å². The molecular formula is C17H16N4O3. The predicted octanol–water partition coefficient (Wildman–Crippen LogP) is 3.60. The van der Waals surface area contributed by atoms with Gasteiger partial charge in [0.15, 0.2) is 5.82 Å². The van der Waals surface area contributed by atoms with E-state index in [4.69, 9.17) is 9.26 Å². The topological polar surface area (TPSA) is 89.3 Å². The number of nitrogens with zero attached hydrogens (tertiary/aromatic N) is 2. The van der Waals surface area contributed by atoms with Crippen molar-refractivity contribution in [3.05, 3.63) is 66.2 Å². The number of benzene rings is 1. The Balaban J connectivity index is 1.57. The van der Waals surface area contributed by atoms with E-state index in [0.717, 1.165) is 5.56 Å². The van der Waals surface area contributed by atoms with Gasteiger partial charge >= 0.3 is 6.03 Å². The largest absolute Gasteiger partial charge is 0.489 e. The van der Waals surface area contributed by atoms with Crippen LogP contribution in [0, 0.1) is 6.92 Å². The summed E-state index contributed by atoms with van der Waals surface area (Å²) in [6.45, 7) is 2.15. The number of anilines is 2. The Morgan fingerprint density at radius 3 is 2.88 bits per heavy atom. The van der Waals surface area contributed by atoms with E-state index in [9.17, 15) is 4.79 Å². The lowest BCUT2D eigenvalue weighted by atomic mass is 10.3. The van der Waals surface area contributed by atoms with Crippen molar-refractivity contribution in [2.45, 2.75) is 13.5 Å². The second-order valence-corrected chi connectivity index (χ2v) is 5.08. The molecule has 7 nitrogen and oxygen atoms in total. The molecule has 0 radical (unpaired) electrons. The van der Waals surface area contributed by atoms with Crippen LogP contribution >= 0.6 is 0 Å². The first-order chi connectivity index (χ1) is 11.7. The van der Waals surface area contributed by atoms with Gasteiger partial charge in [-0.3, -0.25) is 10.3 Å². The lowest BCUT2D eigenvalue weighted by molar-refractivity contribution is 0.262. The first-order valence-electron chi connectivity index (χ1n) is 7.32. The van der Waals surface area contributed by atoms with Gasteiger partial charge in [-0.05, 0) is 25.1 Å². The molecule has 0 saturated heterocycles. The van der Waals surface area contributed by atoms with Crippen LogP contribution in [-0.4, -0.2) is 16.2 Å².